The highest BCUT2D eigenvalue weighted by Gasteiger charge is 2.24. The second-order valence-electron chi connectivity index (χ2n) is 9.86. The number of aliphatic hydroxyl groups excluding tert-OH is 2. The minimum absolute atomic E-state index is 0.151. The van der Waals surface area contributed by atoms with Crippen molar-refractivity contribution in [3.8, 4) is 11.5 Å². The molecule has 0 bridgehead atoms. The molecule has 0 spiro atoms. The summed E-state index contributed by atoms with van der Waals surface area (Å²) < 4.78 is 12.6. The number of ether oxygens (including phenoxy) is 2. The summed E-state index contributed by atoms with van der Waals surface area (Å²) in [5.74, 6) is 2.45. The molecule has 1 fully saturated rings. The Morgan fingerprint density at radius 1 is 1.00 bits per heavy atom. The first-order chi connectivity index (χ1) is 16.2. The quantitative estimate of drug-likeness (QED) is 0.278. The Morgan fingerprint density at radius 2 is 1.62 bits per heavy atom. The van der Waals surface area contributed by atoms with Crippen molar-refractivity contribution in [1.82, 2.24) is 4.90 Å². The monoisotopic (exact) mass is 601 g/mol. The van der Waals surface area contributed by atoms with Gasteiger partial charge in [-0.1, -0.05) is 39.0 Å². The number of hydrogen-bond acceptors (Lipinski definition) is 5. The van der Waals surface area contributed by atoms with E-state index in [2.05, 4.69) is 72.5 Å². The zero-order valence-electron chi connectivity index (χ0n) is 20.3. The molecular weight excluding hydrogens is 565 g/mol. The Labute approximate surface area is 222 Å². The Kier molecular flexibility index (Phi) is 10.3. The third kappa shape index (κ3) is 7.72. The van der Waals surface area contributed by atoms with Gasteiger partial charge >= 0.3 is 0 Å². The van der Waals surface area contributed by atoms with Gasteiger partial charge in [0.2, 0.25) is 0 Å². The molecule has 2 N–H and O–H groups in total. The van der Waals surface area contributed by atoms with Crippen LogP contribution in [0, 0.1) is 9.49 Å². The smallest absolute Gasteiger partial charge is 0.132 e. The third-order valence-corrected chi connectivity index (χ3v) is 7.83. The number of likely N-dealkylation sites (tertiary alicyclic amines) is 1. The molecule has 2 aromatic carbocycles. The minimum Gasteiger partial charge on any atom is -0.491 e. The van der Waals surface area contributed by atoms with E-state index < -0.39 is 12.2 Å². The van der Waals surface area contributed by atoms with Crippen molar-refractivity contribution in [3.63, 3.8) is 0 Å². The van der Waals surface area contributed by atoms with Gasteiger partial charge in [0.1, 0.15) is 36.9 Å². The van der Waals surface area contributed by atoms with Crippen LogP contribution in [0.2, 0.25) is 0 Å². The zero-order valence-corrected chi connectivity index (χ0v) is 23.3. The van der Waals surface area contributed by atoms with Crippen molar-refractivity contribution >= 4 is 34.2 Å². The van der Waals surface area contributed by atoms with E-state index in [-0.39, 0.29) is 17.9 Å². The van der Waals surface area contributed by atoms with Gasteiger partial charge in [0.25, 0.3) is 0 Å². The molecule has 0 aliphatic carbocycles. The Balaban J connectivity index is 1.56. The van der Waals surface area contributed by atoms with Crippen molar-refractivity contribution in [1.29, 1.82) is 0 Å². The van der Waals surface area contributed by atoms with E-state index in [0.29, 0.717) is 13.2 Å². The fourth-order valence-electron chi connectivity index (χ4n) is 4.16. The summed E-state index contributed by atoms with van der Waals surface area (Å²) in [4.78, 5) is 2.33. The molecule has 5 nitrogen and oxygen atoms in total. The predicted molar refractivity (Wildman–Crippen MR) is 146 cm³/mol. The molecule has 3 rings (SSSR count). The first-order valence-corrected chi connectivity index (χ1v) is 13.6. The van der Waals surface area contributed by atoms with Crippen LogP contribution in [-0.4, -0.2) is 66.0 Å². The van der Waals surface area contributed by atoms with Crippen LogP contribution >= 0.6 is 34.2 Å². The van der Waals surface area contributed by atoms with Crippen molar-refractivity contribution in [3.05, 3.63) is 57.2 Å². The van der Waals surface area contributed by atoms with Gasteiger partial charge in [-0.15, -0.1) is 11.6 Å². The molecule has 0 radical (unpaired) electrons. The van der Waals surface area contributed by atoms with Gasteiger partial charge in [-0.05, 0) is 89.8 Å². The number of piperidine rings is 1. The Morgan fingerprint density at radius 3 is 2.24 bits per heavy atom. The van der Waals surface area contributed by atoms with Gasteiger partial charge in [0.15, 0.2) is 0 Å². The fraction of sp³-hybridized carbons (Fsp3) is 0.556. The molecule has 2 aromatic rings. The summed E-state index contributed by atoms with van der Waals surface area (Å²) in [6.07, 6.45) is 1.25. The van der Waals surface area contributed by atoms with E-state index in [1.807, 2.05) is 18.2 Å². The summed E-state index contributed by atoms with van der Waals surface area (Å²) >= 11 is 7.91. The van der Waals surface area contributed by atoms with E-state index in [4.69, 9.17) is 21.1 Å². The predicted octanol–water partition coefficient (Wildman–Crippen LogP) is 5.07. The molecule has 0 amide bonds. The highest BCUT2D eigenvalue weighted by atomic mass is 127. The van der Waals surface area contributed by atoms with Gasteiger partial charge in [-0.25, -0.2) is 0 Å². The van der Waals surface area contributed by atoms with E-state index in [1.54, 1.807) is 0 Å². The van der Waals surface area contributed by atoms with E-state index in [9.17, 15) is 10.2 Å². The summed E-state index contributed by atoms with van der Waals surface area (Å²) in [6.45, 7) is 9.93. The first-order valence-electron chi connectivity index (χ1n) is 12.0. The van der Waals surface area contributed by atoms with Crippen LogP contribution in [0.15, 0.2) is 42.5 Å². The van der Waals surface area contributed by atoms with Crippen LogP contribution in [0.25, 0.3) is 0 Å². The highest BCUT2D eigenvalue weighted by molar-refractivity contribution is 14.1. The van der Waals surface area contributed by atoms with E-state index in [1.165, 1.54) is 24.0 Å². The largest absolute Gasteiger partial charge is 0.491 e. The molecule has 1 heterocycles. The van der Waals surface area contributed by atoms with E-state index >= 15 is 0 Å². The molecule has 2 atom stereocenters. The van der Waals surface area contributed by atoms with Gasteiger partial charge in [-0.3, -0.25) is 0 Å². The molecule has 188 valence electrons. The number of nitrogens with zero attached hydrogens (tertiary/aromatic N) is 1. The molecule has 7 heteroatoms. The summed E-state index contributed by atoms with van der Waals surface area (Å²) in [7, 11) is 0. The van der Waals surface area contributed by atoms with E-state index in [0.717, 1.165) is 34.1 Å². The number of rotatable bonds is 11. The van der Waals surface area contributed by atoms with Crippen LogP contribution in [-0.2, 0) is 5.41 Å². The van der Waals surface area contributed by atoms with Gasteiger partial charge in [0.05, 0.1) is 9.45 Å². The lowest BCUT2D eigenvalue weighted by atomic mass is 9.78. The normalized spacial score (nSPS) is 17.4. The molecule has 0 aromatic heterocycles. The van der Waals surface area contributed by atoms with Crippen molar-refractivity contribution < 1.29 is 19.7 Å². The average molecular weight is 602 g/mol. The molecule has 0 saturated carbocycles. The topological polar surface area (TPSA) is 62.2 Å². The number of aliphatic hydroxyl groups is 2. The second-order valence-corrected chi connectivity index (χ2v) is 11.3. The summed E-state index contributed by atoms with van der Waals surface area (Å²) in [5, 5.41) is 20.0. The summed E-state index contributed by atoms with van der Waals surface area (Å²) in [6, 6.07) is 14.2. The van der Waals surface area contributed by atoms with Crippen LogP contribution in [0.4, 0.5) is 0 Å². The molecule has 1 aliphatic rings. The lowest BCUT2D eigenvalue weighted by molar-refractivity contribution is 0.0563. The number of benzene rings is 2. The molecule has 1 saturated heterocycles. The van der Waals surface area contributed by atoms with Gasteiger partial charge in [0, 0.05) is 12.0 Å². The maximum atomic E-state index is 10.4. The van der Waals surface area contributed by atoms with Crippen molar-refractivity contribution in [2.24, 2.45) is 5.92 Å². The van der Waals surface area contributed by atoms with Crippen LogP contribution in [0.5, 0.6) is 11.5 Å². The van der Waals surface area contributed by atoms with Crippen molar-refractivity contribution in [2.45, 2.75) is 51.2 Å². The average Bonchev–Trinajstić information content (AvgIpc) is 2.83. The first kappa shape index (κ1) is 27.5. The van der Waals surface area contributed by atoms with Gasteiger partial charge in [-0.2, -0.15) is 0 Å². The maximum absolute atomic E-state index is 10.4. The highest BCUT2D eigenvalue weighted by Crippen LogP contribution is 2.35. The summed E-state index contributed by atoms with van der Waals surface area (Å²) in [5.41, 5.74) is 2.13. The lowest BCUT2D eigenvalue weighted by Crippen LogP contribution is -2.40. The number of halogens is 2. The Hall–Kier alpha value is -1.06. The second kappa shape index (κ2) is 12.8. The molecule has 1 aliphatic heterocycles. The van der Waals surface area contributed by atoms with Crippen molar-refractivity contribution in [2.75, 3.05) is 38.7 Å². The van der Waals surface area contributed by atoms with Crippen LogP contribution in [0.3, 0.4) is 0 Å². The van der Waals surface area contributed by atoms with Crippen LogP contribution in [0.1, 0.15) is 44.7 Å². The third-order valence-electron chi connectivity index (χ3n) is 6.63. The van der Waals surface area contributed by atoms with Gasteiger partial charge < -0.3 is 24.6 Å². The molecule has 0 unspecified atom stereocenters. The lowest BCUT2D eigenvalue weighted by Gasteiger charge is -2.31. The maximum Gasteiger partial charge on any atom is 0.132 e. The van der Waals surface area contributed by atoms with Crippen LogP contribution < -0.4 is 9.47 Å². The number of alkyl halides is 1. The SMILES string of the molecule is CC1CCN(C[C@H](O)COc2ccc(C(C)(C)c3ccc(OC[C@H](O)CCl)c(I)c3)cc2)CC1. The standard InChI is InChI=1S/C27H37ClINO4/c1-19-10-12-30(13-11-19)16-23(32)18-33-24-7-4-20(5-8-24)27(2,3)21-6-9-26(25(29)14-21)34-17-22(31)15-28/h4-9,14,19,22-23,31-32H,10-13,15-18H2,1-3H3/t22-,23+/m1/s1. The molecular formula is C27H37ClINO4. The minimum atomic E-state index is -0.677. The Bertz CT molecular complexity index is 900. The zero-order chi connectivity index (χ0) is 24.7. The molecule has 34 heavy (non-hydrogen) atoms. The fourth-order valence-corrected chi connectivity index (χ4v) is 4.92. The number of hydrogen-bond donors (Lipinski definition) is 2. The number of β-amino-alcohol motifs (C(OH)–C–C–N with tert-alkyl or cyclic N) is 1.